The van der Waals surface area contributed by atoms with Crippen molar-refractivity contribution in [1.29, 1.82) is 0 Å². The second kappa shape index (κ2) is 4.80. The third-order valence-corrected chi connectivity index (χ3v) is 4.46. The molecule has 0 fully saturated rings. The molecular formula is C10H24N2O2S. The second-order valence-electron chi connectivity index (χ2n) is 5.49. The van der Waals surface area contributed by atoms with Gasteiger partial charge < -0.3 is 0 Å². The molecule has 2 N–H and O–H groups in total. The van der Waals surface area contributed by atoms with Crippen LogP contribution in [-0.2, 0) is 10.2 Å². The highest BCUT2D eigenvalue weighted by atomic mass is 32.2. The molecule has 0 aromatic rings. The standard InChI is InChI=1S/C10H24N2O2S/c1-9(2,3)10(4,5)7-8-12-15(13,14)11-6/h11-12H,7-8H2,1-6H3. The highest BCUT2D eigenvalue weighted by Crippen LogP contribution is 2.40. The van der Waals surface area contributed by atoms with Gasteiger partial charge >= 0.3 is 0 Å². The Balaban J connectivity index is 4.19. The van der Waals surface area contributed by atoms with Crippen LogP contribution in [0.4, 0.5) is 0 Å². The van der Waals surface area contributed by atoms with Crippen molar-refractivity contribution in [3.8, 4) is 0 Å². The fraction of sp³-hybridized carbons (Fsp3) is 1.00. The predicted octanol–water partition coefficient (Wildman–Crippen LogP) is 1.50. The summed E-state index contributed by atoms with van der Waals surface area (Å²) in [6.07, 6.45) is 0.817. The van der Waals surface area contributed by atoms with Crippen molar-refractivity contribution in [2.45, 2.75) is 41.0 Å². The molecule has 0 aliphatic rings. The minimum absolute atomic E-state index is 0.100. The van der Waals surface area contributed by atoms with Crippen LogP contribution in [0.25, 0.3) is 0 Å². The topological polar surface area (TPSA) is 58.2 Å². The van der Waals surface area contributed by atoms with Gasteiger partial charge in [0.05, 0.1) is 0 Å². The largest absolute Gasteiger partial charge is 0.276 e. The smallest absolute Gasteiger partial charge is 0.205 e. The second-order valence-corrected chi connectivity index (χ2v) is 7.19. The minimum Gasteiger partial charge on any atom is -0.205 e. The van der Waals surface area contributed by atoms with Gasteiger partial charge in [-0.25, -0.2) is 9.44 Å². The van der Waals surface area contributed by atoms with E-state index in [4.69, 9.17) is 0 Å². The predicted molar refractivity (Wildman–Crippen MR) is 63.8 cm³/mol. The van der Waals surface area contributed by atoms with Crippen LogP contribution in [0.5, 0.6) is 0 Å². The van der Waals surface area contributed by atoms with Crippen LogP contribution in [-0.4, -0.2) is 22.0 Å². The Morgan fingerprint density at radius 1 is 1.07 bits per heavy atom. The van der Waals surface area contributed by atoms with Crippen LogP contribution >= 0.6 is 0 Å². The highest BCUT2D eigenvalue weighted by molar-refractivity contribution is 7.87. The summed E-state index contributed by atoms with van der Waals surface area (Å²) in [5.41, 5.74) is 0.265. The van der Waals surface area contributed by atoms with E-state index in [1.54, 1.807) is 0 Å². The number of hydrogen-bond acceptors (Lipinski definition) is 2. The van der Waals surface area contributed by atoms with E-state index in [0.29, 0.717) is 6.54 Å². The molecule has 0 heterocycles. The van der Waals surface area contributed by atoms with Crippen LogP contribution in [0.2, 0.25) is 0 Å². The molecule has 5 heteroatoms. The molecule has 0 atom stereocenters. The summed E-state index contributed by atoms with van der Waals surface area (Å²) in [5, 5.41) is 0. The van der Waals surface area contributed by atoms with Crippen molar-refractivity contribution in [1.82, 2.24) is 9.44 Å². The first-order valence-electron chi connectivity index (χ1n) is 5.20. The first-order chi connectivity index (χ1) is 6.52. The lowest BCUT2D eigenvalue weighted by Gasteiger charge is -2.39. The van der Waals surface area contributed by atoms with E-state index in [9.17, 15) is 8.42 Å². The highest BCUT2D eigenvalue weighted by Gasteiger charge is 2.32. The van der Waals surface area contributed by atoms with Crippen LogP contribution in [0.3, 0.4) is 0 Å². The van der Waals surface area contributed by atoms with E-state index in [2.05, 4.69) is 44.1 Å². The summed E-state index contributed by atoms with van der Waals surface area (Å²) in [5.74, 6) is 0. The summed E-state index contributed by atoms with van der Waals surface area (Å²) in [6.45, 7) is 11.3. The van der Waals surface area contributed by atoms with Crippen molar-refractivity contribution >= 4 is 10.2 Å². The van der Waals surface area contributed by atoms with Gasteiger partial charge in [-0.1, -0.05) is 34.6 Å². The van der Waals surface area contributed by atoms with Crippen LogP contribution in [0.15, 0.2) is 0 Å². The van der Waals surface area contributed by atoms with Crippen molar-refractivity contribution in [3.63, 3.8) is 0 Å². The number of rotatable bonds is 5. The Hall–Kier alpha value is -0.130. The van der Waals surface area contributed by atoms with Crippen molar-refractivity contribution < 1.29 is 8.42 Å². The molecule has 0 aromatic carbocycles. The van der Waals surface area contributed by atoms with Gasteiger partial charge in [0.15, 0.2) is 0 Å². The zero-order valence-electron chi connectivity index (χ0n) is 10.6. The Labute approximate surface area is 94.0 Å². The number of nitrogens with one attached hydrogen (secondary N) is 2. The maximum absolute atomic E-state index is 11.1. The summed E-state index contributed by atoms with van der Waals surface area (Å²) in [4.78, 5) is 0. The molecule has 0 saturated heterocycles. The van der Waals surface area contributed by atoms with Crippen LogP contribution in [0, 0.1) is 10.8 Å². The van der Waals surface area contributed by atoms with Crippen LogP contribution < -0.4 is 9.44 Å². The van der Waals surface area contributed by atoms with Gasteiger partial charge in [0.2, 0.25) is 0 Å². The van der Waals surface area contributed by atoms with Crippen molar-refractivity contribution in [3.05, 3.63) is 0 Å². The van der Waals surface area contributed by atoms with E-state index in [1.807, 2.05) is 0 Å². The van der Waals surface area contributed by atoms with E-state index >= 15 is 0 Å². The molecule has 0 aliphatic carbocycles. The first kappa shape index (κ1) is 14.9. The fourth-order valence-corrected chi connectivity index (χ4v) is 1.46. The Morgan fingerprint density at radius 2 is 1.53 bits per heavy atom. The Morgan fingerprint density at radius 3 is 1.87 bits per heavy atom. The van der Waals surface area contributed by atoms with Gasteiger partial charge in [0.1, 0.15) is 0 Å². The van der Waals surface area contributed by atoms with Gasteiger partial charge in [-0.15, -0.1) is 0 Å². The third kappa shape index (κ3) is 4.95. The monoisotopic (exact) mass is 236 g/mol. The lowest BCUT2D eigenvalue weighted by molar-refractivity contribution is 0.121. The Kier molecular flexibility index (Phi) is 4.76. The van der Waals surface area contributed by atoms with Crippen molar-refractivity contribution in [2.75, 3.05) is 13.6 Å². The first-order valence-corrected chi connectivity index (χ1v) is 6.68. The zero-order chi connectivity index (χ0) is 12.3. The molecule has 15 heavy (non-hydrogen) atoms. The van der Waals surface area contributed by atoms with E-state index in [-0.39, 0.29) is 10.8 Å². The van der Waals surface area contributed by atoms with Gasteiger partial charge in [-0.2, -0.15) is 8.42 Å². The zero-order valence-corrected chi connectivity index (χ0v) is 11.5. The SMILES string of the molecule is CNS(=O)(=O)NCCC(C)(C)C(C)(C)C. The summed E-state index contributed by atoms with van der Waals surface area (Å²) < 4.78 is 27.0. The summed E-state index contributed by atoms with van der Waals surface area (Å²) in [7, 11) is -1.89. The van der Waals surface area contributed by atoms with E-state index in [1.165, 1.54) is 7.05 Å². The normalized spacial score (nSPS) is 14.3. The molecule has 4 nitrogen and oxygen atoms in total. The summed E-state index contributed by atoms with van der Waals surface area (Å²) >= 11 is 0. The molecule has 0 amide bonds. The number of hydrogen-bond donors (Lipinski definition) is 2. The van der Waals surface area contributed by atoms with Crippen LogP contribution in [0.1, 0.15) is 41.0 Å². The van der Waals surface area contributed by atoms with Gasteiger partial charge in [0.25, 0.3) is 10.2 Å². The van der Waals surface area contributed by atoms with Gasteiger partial charge in [-0.3, -0.25) is 0 Å². The average Bonchev–Trinajstić information content (AvgIpc) is 2.01. The molecule has 0 bridgehead atoms. The fourth-order valence-electron chi connectivity index (χ4n) is 0.945. The minimum atomic E-state index is -3.29. The van der Waals surface area contributed by atoms with Crippen molar-refractivity contribution in [2.24, 2.45) is 10.8 Å². The molecule has 0 rings (SSSR count). The third-order valence-electron chi connectivity index (χ3n) is 3.34. The maximum Gasteiger partial charge on any atom is 0.276 e. The lowest BCUT2D eigenvalue weighted by atomic mass is 9.67. The molecule has 0 saturated carbocycles. The average molecular weight is 236 g/mol. The van der Waals surface area contributed by atoms with Gasteiger partial charge in [-0.05, 0) is 17.3 Å². The molecule has 0 spiro atoms. The Bertz CT molecular complexity index is 289. The molecular weight excluding hydrogens is 212 g/mol. The van der Waals surface area contributed by atoms with E-state index in [0.717, 1.165) is 6.42 Å². The molecule has 0 aromatic heterocycles. The lowest BCUT2D eigenvalue weighted by Crippen LogP contribution is -2.38. The quantitative estimate of drug-likeness (QED) is 0.760. The summed E-state index contributed by atoms with van der Waals surface area (Å²) in [6, 6.07) is 0. The van der Waals surface area contributed by atoms with Gasteiger partial charge in [0, 0.05) is 13.6 Å². The maximum atomic E-state index is 11.1. The molecule has 0 aliphatic heterocycles. The molecule has 0 radical (unpaired) electrons. The molecule has 0 unspecified atom stereocenters. The molecule has 92 valence electrons. The van der Waals surface area contributed by atoms with E-state index < -0.39 is 10.2 Å².